The van der Waals surface area contributed by atoms with Gasteiger partial charge in [-0.15, -0.1) is 0 Å². The molecule has 2 aromatic rings. The van der Waals surface area contributed by atoms with Crippen LogP contribution in [0.4, 0.5) is 0 Å². The van der Waals surface area contributed by atoms with E-state index >= 15 is 0 Å². The molecule has 1 N–H and O–H groups in total. The number of aromatic nitrogens is 2. The molecule has 0 radical (unpaired) electrons. The van der Waals surface area contributed by atoms with Gasteiger partial charge in [-0.3, -0.25) is 4.79 Å². The summed E-state index contributed by atoms with van der Waals surface area (Å²) in [6, 6.07) is 6.32. The molecule has 5 heteroatoms. The Bertz CT molecular complexity index is 551. The largest absolute Gasteiger partial charge is 0.306 e. The number of hydrogen-bond acceptors (Lipinski definition) is 2. The smallest absolute Gasteiger partial charge is 0.251 e. The molecule has 2 rings (SSSR count). The summed E-state index contributed by atoms with van der Waals surface area (Å²) >= 11 is 11.8. The highest BCUT2D eigenvalue weighted by Gasteiger charge is 2.05. The van der Waals surface area contributed by atoms with E-state index in [1.165, 1.54) is 12.3 Å². The number of hydrogen-bond donors (Lipinski definition) is 1. The van der Waals surface area contributed by atoms with Crippen LogP contribution in [0.2, 0.25) is 10.0 Å². The van der Waals surface area contributed by atoms with Crippen LogP contribution in [0, 0.1) is 0 Å². The van der Waals surface area contributed by atoms with E-state index in [1.54, 1.807) is 18.2 Å². The van der Waals surface area contributed by atoms with Gasteiger partial charge in [0, 0.05) is 22.8 Å². The monoisotopic (exact) mass is 240 g/mol. The Morgan fingerprint density at radius 2 is 2.00 bits per heavy atom. The molecule has 0 bridgehead atoms. The molecule has 1 aromatic heterocycles. The van der Waals surface area contributed by atoms with Crippen molar-refractivity contribution in [2.75, 3.05) is 0 Å². The lowest BCUT2D eigenvalue weighted by Crippen LogP contribution is -2.05. The summed E-state index contributed by atoms with van der Waals surface area (Å²) in [4.78, 5) is 17.7. The SMILES string of the molecule is O=c1ccnc(-c2cc(Cl)ccc2Cl)[nH]1. The molecule has 1 heterocycles. The summed E-state index contributed by atoms with van der Waals surface area (Å²) in [7, 11) is 0. The van der Waals surface area contributed by atoms with Crippen molar-refractivity contribution in [2.24, 2.45) is 0 Å². The van der Waals surface area contributed by atoms with Crippen LogP contribution in [0.3, 0.4) is 0 Å². The van der Waals surface area contributed by atoms with E-state index in [1.807, 2.05) is 0 Å². The van der Waals surface area contributed by atoms with Crippen LogP contribution in [0.25, 0.3) is 11.4 Å². The lowest BCUT2D eigenvalue weighted by atomic mass is 10.2. The Morgan fingerprint density at radius 1 is 1.20 bits per heavy atom. The molecule has 0 aliphatic carbocycles. The summed E-state index contributed by atoms with van der Waals surface area (Å²) < 4.78 is 0. The number of rotatable bonds is 1. The van der Waals surface area contributed by atoms with E-state index in [0.717, 1.165) is 0 Å². The molecule has 0 amide bonds. The van der Waals surface area contributed by atoms with Crippen molar-refractivity contribution in [3.05, 3.63) is 50.9 Å². The number of halogens is 2. The maximum Gasteiger partial charge on any atom is 0.251 e. The molecule has 0 atom stereocenters. The van der Waals surface area contributed by atoms with Crippen molar-refractivity contribution in [1.82, 2.24) is 9.97 Å². The molecule has 0 saturated heterocycles. The second kappa shape index (κ2) is 4.04. The van der Waals surface area contributed by atoms with Crippen molar-refractivity contribution < 1.29 is 0 Å². The Hall–Kier alpha value is -1.32. The lowest BCUT2D eigenvalue weighted by molar-refractivity contribution is 1.13. The first-order chi connectivity index (χ1) is 7.16. The van der Waals surface area contributed by atoms with Gasteiger partial charge in [0.25, 0.3) is 5.56 Å². The first kappa shape index (κ1) is 10.2. The average Bonchev–Trinajstić information content (AvgIpc) is 2.22. The molecule has 0 aliphatic heterocycles. The molecule has 0 spiro atoms. The Balaban J connectivity index is 2.63. The van der Waals surface area contributed by atoms with Gasteiger partial charge in [0.15, 0.2) is 0 Å². The molecule has 15 heavy (non-hydrogen) atoms. The first-order valence-corrected chi connectivity index (χ1v) is 4.93. The third-order valence-corrected chi connectivity index (χ3v) is 2.42. The number of nitrogens with one attached hydrogen (secondary N) is 1. The van der Waals surface area contributed by atoms with E-state index in [0.29, 0.717) is 21.4 Å². The Kier molecular flexibility index (Phi) is 2.75. The zero-order valence-electron chi connectivity index (χ0n) is 7.50. The minimum Gasteiger partial charge on any atom is -0.306 e. The van der Waals surface area contributed by atoms with Gasteiger partial charge in [-0.1, -0.05) is 23.2 Å². The predicted octanol–water partition coefficient (Wildman–Crippen LogP) is 2.74. The van der Waals surface area contributed by atoms with Gasteiger partial charge in [0.2, 0.25) is 0 Å². The number of H-pyrrole nitrogens is 1. The summed E-state index contributed by atoms with van der Waals surface area (Å²) in [5, 5.41) is 1.04. The molecular formula is C10H6Cl2N2O. The Labute approximate surface area is 95.7 Å². The van der Waals surface area contributed by atoms with Crippen molar-refractivity contribution in [3.63, 3.8) is 0 Å². The third-order valence-electron chi connectivity index (χ3n) is 1.85. The van der Waals surface area contributed by atoms with Crippen molar-refractivity contribution in [2.45, 2.75) is 0 Å². The fraction of sp³-hybridized carbons (Fsp3) is 0. The molecule has 76 valence electrons. The number of nitrogens with zero attached hydrogens (tertiary/aromatic N) is 1. The minimum atomic E-state index is -0.226. The minimum absolute atomic E-state index is 0.226. The maximum atomic E-state index is 11.1. The van der Waals surface area contributed by atoms with Crippen LogP contribution in [0.5, 0.6) is 0 Å². The van der Waals surface area contributed by atoms with Gasteiger partial charge in [-0.25, -0.2) is 4.98 Å². The fourth-order valence-corrected chi connectivity index (χ4v) is 1.57. The summed E-state index contributed by atoms with van der Waals surface area (Å²) in [6.45, 7) is 0. The maximum absolute atomic E-state index is 11.1. The van der Waals surface area contributed by atoms with E-state index < -0.39 is 0 Å². The Morgan fingerprint density at radius 3 is 2.73 bits per heavy atom. The van der Waals surface area contributed by atoms with Crippen molar-refractivity contribution >= 4 is 23.2 Å². The zero-order valence-corrected chi connectivity index (χ0v) is 9.01. The highest BCUT2D eigenvalue weighted by Crippen LogP contribution is 2.27. The topological polar surface area (TPSA) is 45.8 Å². The predicted molar refractivity (Wildman–Crippen MR) is 60.3 cm³/mol. The van der Waals surface area contributed by atoms with Gasteiger partial charge in [0.1, 0.15) is 5.82 Å². The van der Waals surface area contributed by atoms with Crippen molar-refractivity contribution in [3.8, 4) is 11.4 Å². The van der Waals surface area contributed by atoms with Gasteiger partial charge in [0.05, 0.1) is 5.02 Å². The summed E-state index contributed by atoms with van der Waals surface area (Å²) in [6.07, 6.45) is 1.42. The van der Waals surface area contributed by atoms with Crippen LogP contribution < -0.4 is 5.56 Å². The molecule has 0 fully saturated rings. The van der Waals surface area contributed by atoms with Crippen LogP contribution in [0.1, 0.15) is 0 Å². The van der Waals surface area contributed by atoms with E-state index in [4.69, 9.17) is 23.2 Å². The second-order valence-corrected chi connectivity index (χ2v) is 3.75. The average molecular weight is 241 g/mol. The molecule has 3 nitrogen and oxygen atoms in total. The highest BCUT2D eigenvalue weighted by molar-refractivity contribution is 6.35. The molecule has 0 unspecified atom stereocenters. The molecule has 1 aromatic carbocycles. The summed E-state index contributed by atoms with van der Waals surface area (Å²) in [5.74, 6) is 0.412. The quantitative estimate of drug-likeness (QED) is 0.834. The zero-order chi connectivity index (χ0) is 10.8. The van der Waals surface area contributed by atoms with Gasteiger partial charge >= 0.3 is 0 Å². The number of benzene rings is 1. The second-order valence-electron chi connectivity index (χ2n) is 2.91. The van der Waals surface area contributed by atoms with Gasteiger partial charge in [-0.05, 0) is 18.2 Å². The fourth-order valence-electron chi connectivity index (χ4n) is 1.19. The van der Waals surface area contributed by atoms with Gasteiger partial charge < -0.3 is 4.98 Å². The third kappa shape index (κ3) is 2.19. The van der Waals surface area contributed by atoms with Crippen LogP contribution in [0.15, 0.2) is 35.3 Å². The standard InChI is InChI=1S/C10H6Cl2N2O/c11-6-1-2-8(12)7(5-6)10-13-4-3-9(15)14-10/h1-5H,(H,13,14,15). The van der Waals surface area contributed by atoms with E-state index in [-0.39, 0.29) is 5.56 Å². The van der Waals surface area contributed by atoms with Gasteiger partial charge in [-0.2, -0.15) is 0 Å². The van der Waals surface area contributed by atoms with Crippen molar-refractivity contribution in [1.29, 1.82) is 0 Å². The van der Waals surface area contributed by atoms with Crippen LogP contribution in [-0.2, 0) is 0 Å². The first-order valence-electron chi connectivity index (χ1n) is 4.17. The number of aromatic amines is 1. The van der Waals surface area contributed by atoms with E-state index in [9.17, 15) is 4.79 Å². The normalized spacial score (nSPS) is 10.3. The van der Waals surface area contributed by atoms with E-state index in [2.05, 4.69) is 9.97 Å². The molecule has 0 saturated carbocycles. The van der Waals surface area contributed by atoms with Crippen LogP contribution >= 0.6 is 23.2 Å². The summed E-state index contributed by atoms with van der Waals surface area (Å²) in [5.41, 5.74) is 0.387. The molecular weight excluding hydrogens is 235 g/mol. The lowest BCUT2D eigenvalue weighted by Gasteiger charge is -2.02. The highest BCUT2D eigenvalue weighted by atomic mass is 35.5. The molecule has 0 aliphatic rings. The van der Waals surface area contributed by atoms with Crippen LogP contribution in [-0.4, -0.2) is 9.97 Å².